The Morgan fingerprint density at radius 2 is 2.06 bits per heavy atom. The second-order valence-electron chi connectivity index (χ2n) is 4.56. The minimum atomic E-state index is -3.57. The second-order valence-corrected chi connectivity index (χ2v) is 4.56. The highest BCUT2D eigenvalue weighted by molar-refractivity contribution is 5.50. The van der Waals surface area contributed by atoms with Gasteiger partial charge in [0.1, 0.15) is 0 Å². The van der Waals surface area contributed by atoms with Crippen molar-refractivity contribution in [3.8, 4) is 11.5 Å². The van der Waals surface area contributed by atoms with E-state index in [4.69, 9.17) is 5.73 Å². The predicted molar refractivity (Wildman–Crippen MR) is 56.9 cm³/mol. The maximum absolute atomic E-state index is 13.0. The summed E-state index contributed by atoms with van der Waals surface area (Å²) in [5.74, 6) is 0.526. The van der Waals surface area contributed by atoms with Gasteiger partial charge in [-0.15, -0.1) is 8.78 Å². The Hall–Kier alpha value is -1.36. The lowest BCUT2D eigenvalue weighted by Gasteiger charge is -2.31. The van der Waals surface area contributed by atoms with Crippen LogP contribution in [-0.4, -0.2) is 6.29 Å². The summed E-state index contributed by atoms with van der Waals surface area (Å²) in [7, 11) is 0. The van der Waals surface area contributed by atoms with Gasteiger partial charge in [0.25, 0.3) is 0 Å². The van der Waals surface area contributed by atoms with Gasteiger partial charge in [-0.3, -0.25) is 0 Å². The van der Waals surface area contributed by atoms with Crippen molar-refractivity contribution < 1.29 is 18.3 Å². The lowest BCUT2D eigenvalue weighted by Crippen LogP contribution is -2.28. The maximum Gasteiger partial charge on any atom is 0.586 e. The highest BCUT2D eigenvalue weighted by Crippen LogP contribution is 2.47. The van der Waals surface area contributed by atoms with Gasteiger partial charge < -0.3 is 15.2 Å². The van der Waals surface area contributed by atoms with Gasteiger partial charge in [-0.25, -0.2) is 0 Å². The zero-order chi connectivity index (χ0) is 12.0. The van der Waals surface area contributed by atoms with Crippen molar-refractivity contribution in [2.45, 2.75) is 31.6 Å². The van der Waals surface area contributed by atoms with Gasteiger partial charge in [-0.2, -0.15) is 0 Å². The summed E-state index contributed by atoms with van der Waals surface area (Å²) in [5.41, 5.74) is 6.70. The highest BCUT2D eigenvalue weighted by atomic mass is 19.3. The summed E-state index contributed by atoms with van der Waals surface area (Å²) in [5, 5.41) is 0. The molecule has 1 saturated carbocycles. The molecule has 5 heteroatoms. The third-order valence-corrected chi connectivity index (χ3v) is 3.48. The molecule has 2 N–H and O–H groups in total. The van der Waals surface area contributed by atoms with Crippen molar-refractivity contribution in [2.75, 3.05) is 0 Å². The minimum Gasteiger partial charge on any atom is -0.395 e. The molecular weight excluding hydrogens is 228 g/mol. The summed E-state index contributed by atoms with van der Waals surface area (Å²) in [6.07, 6.45) is -0.331. The number of ether oxygens (including phenoxy) is 2. The molecule has 1 fully saturated rings. The zero-order valence-corrected chi connectivity index (χ0v) is 9.16. The van der Waals surface area contributed by atoms with Crippen LogP contribution in [0.2, 0.25) is 0 Å². The van der Waals surface area contributed by atoms with E-state index in [9.17, 15) is 8.78 Å². The van der Waals surface area contributed by atoms with Crippen LogP contribution in [0.1, 0.15) is 30.9 Å². The van der Waals surface area contributed by atoms with Crippen molar-refractivity contribution in [3.63, 3.8) is 0 Å². The molecule has 2 aliphatic rings. The van der Waals surface area contributed by atoms with E-state index in [2.05, 4.69) is 9.47 Å². The Labute approximate surface area is 97.5 Å². The lowest BCUT2D eigenvalue weighted by molar-refractivity contribution is -0.287. The largest absolute Gasteiger partial charge is 0.586 e. The minimum absolute atomic E-state index is 0.0715. The first-order chi connectivity index (χ1) is 8.07. The fourth-order valence-corrected chi connectivity index (χ4v) is 2.31. The molecule has 92 valence electrons. The molecular formula is C12H13F2NO2. The predicted octanol–water partition coefficient (Wildman–Crippen LogP) is 2.81. The smallest absolute Gasteiger partial charge is 0.395 e. The first-order valence-corrected chi connectivity index (χ1v) is 5.71. The topological polar surface area (TPSA) is 44.5 Å². The fraction of sp³-hybridized carbons (Fsp3) is 0.500. The fourth-order valence-electron chi connectivity index (χ4n) is 2.31. The second kappa shape index (κ2) is 3.57. The Morgan fingerprint density at radius 3 is 2.71 bits per heavy atom. The molecule has 0 unspecified atom stereocenters. The number of alkyl halides is 2. The van der Waals surface area contributed by atoms with Gasteiger partial charge in [0.05, 0.1) is 0 Å². The lowest BCUT2D eigenvalue weighted by atomic mass is 9.77. The molecule has 0 saturated heterocycles. The Kier molecular flexibility index (Phi) is 2.26. The molecule has 1 aromatic carbocycles. The number of nitrogens with two attached hydrogens (primary N) is 1. The number of para-hydroxylation sites is 1. The quantitative estimate of drug-likeness (QED) is 0.865. The van der Waals surface area contributed by atoms with E-state index in [0.29, 0.717) is 11.5 Å². The molecule has 0 radical (unpaired) electrons. The molecule has 1 aromatic rings. The van der Waals surface area contributed by atoms with E-state index in [-0.39, 0.29) is 17.5 Å². The molecule has 0 amide bonds. The van der Waals surface area contributed by atoms with Crippen LogP contribution in [-0.2, 0) is 0 Å². The average molecular weight is 241 g/mol. The molecule has 1 atom stereocenters. The zero-order valence-electron chi connectivity index (χ0n) is 9.16. The van der Waals surface area contributed by atoms with Gasteiger partial charge in [0.15, 0.2) is 11.5 Å². The maximum atomic E-state index is 13.0. The average Bonchev–Trinajstić information content (AvgIpc) is 2.47. The first kappa shape index (κ1) is 10.8. The molecule has 1 heterocycles. The van der Waals surface area contributed by atoms with Crippen LogP contribution in [0.5, 0.6) is 11.5 Å². The molecule has 1 aliphatic heterocycles. The van der Waals surface area contributed by atoms with Crippen LogP contribution in [0.15, 0.2) is 18.2 Å². The van der Waals surface area contributed by atoms with E-state index in [1.165, 1.54) is 6.07 Å². The SMILES string of the molecule is N[C@H](c1cccc2c1OC(F)(F)O2)C1CCC1. The summed E-state index contributed by atoms with van der Waals surface area (Å²) in [6.45, 7) is 0. The third-order valence-electron chi connectivity index (χ3n) is 3.48. The summed E-state index contributed by atoms with van der Waals surface area (Å²) in [6, 6.07) is 4.60. The Balaban J connectivity index is 1.94. The molecule has 3 rings (SSSR count). The number of hydrogen-bond acceptors (Lipinski definition) is 3. The van der Waals surface area contributed by atoms with Crippen molar-refractivity contribution in [1.29, 1.82) is 0 Å². The van der Waals surface area contributed by atoms with Gasteiger partial charge in [-0.05, 0) is 24.8 Å². The highest BCUT2D eigenvalue weighted by Gasteiger charge is 2.45. The van der Waals surface area contributed by atoms with Crippen LogP contribution in [0.4, 0.5) is 8.78 Å². The number of rotatable bonds is 2. The summed E-state index contributed by atoms with van der Waals surface area (Å²) in [4.78, 5) is 0. The normalized spacial score (nSPS) is 23.2. The number of halogens is 2. The van der Waals surface area contributed by atoms with Crippen LogP contribution in [0, 0.1) is 5.92 Å². The van der Waals surface area contributed by atoms with Crippen molar-refractivity contribution in [2.24, 2.45) is 11.7 Å². The van der Waals surface area contributed by atoms with E-state index in [1.54, 1.807) is 12.1 Å². The molecule has 1 aliphatic carbocycles. The molecule has 3 nitrogen and oxygen atoms in total. The van der Waals surface area contributed by atoms with Crippen LogP contribution < -0.4 is 15.2 Å². The van der Waals surface area contributed by atoms with Crippen molar-refractivity contribution >= 4 is 0 Å². The monoisotopic (exact) mass is 241 g/mol. The number of benzene rings is 1. The molecule has 0 aromatic heterocycles. The van der Waals surface area contributed by atoms with Gasteiger partial charge in [0.2, 0.25) is 0 Å². The number of hydrogen-bond donors (Lipinski definition) is 1. The van der Waals surface area contributed by atoms with Crippen molar-refractivity contribution in [1.82, 2.24) is 0 Å². The van der Waals surface area contributed by atoms with E-state index in [1.807, 2.05) is 0 Å². The third kappa shape index (κ3) is 1.74. The van der Waals surface area contributed by atoms with Gasteiger partial charge in [0, 0.05) is 11.6 Å². The first-order valence-electron chi connectivity index (χ1n) is 5.71. The van der Waals surface area contributed by atoms with Gasteiger partial charge >= 0.3 is 6.29 Å². The number of fused-ring (bicyclic) bond motifs is 1. The van der Waals surface area contributed by atoms with E-state index >= 15 is 0 Å². The van der Waals surface area contributed by atoms with Crippen LogP contribution >= 0.6 is 0 Å². The molecule has 17 heavy (non-hydrogen) atoms. The van der Waals surface area contributed by atoms with E-state index < -0.39 is 6.29 Å². The van der Waals surface area contributed by atoms with Crippen LogP contribution in [0.25, 0.3) is 0 Å². The Morgan fingerprint density at radius 1 is 1.29 bits per heavy atom. The molecule has 0 bridgehead atoms. The van der Waals surface area contributed by atoms with Gasteiger partial charge in [-0.1, -0.05) is 18.6 Å². The van der Waals surface area contributed by atoms with E-state index in [0.717, 1.165) is 19.3 Å². The standard InChI is InChI=1S/C12H13F2NO2/c13-12(14)16-9-6-2-5-8(11(9)17-12)10(15)7-3-1-4-7/h2,5-7,10H,1,3-4,15H2/t10-/m0/s1. The summed E-state index contributed by atoms with van der Waals surface area (Å²) < 4.78 is 34.9. The summed E-state index contributed by atoms with van der Waals surface area (Å²) >= 11 is 0. The van der Waals surface area contributed by atoms with Crippen molar-refractivity contribution in [3.05, 3.63) is 23.8 Å². The molecule has 0 spiro atoms. The Bertz CT molecular complexity index is 446. The van der Waals surface area contributed by atoms with Crippen LogP contribution in [0.3, 0.4) is 0 Å².